The van der Waals surface area contributed by atoms with E-state index in [1.165, 1.54) is 77.0 Å². The van der Waals surface area contributed by atoms with Crippen molar-refractivity contribution >= 4 is 6.21 Å². The Hall–Kier alpha value is -0.670. The van der Waals surface area contributed by atoms with E-state index in [0.29, 0.717) is 6.17 Å². The van der Waals surface area contributed by atoms with E-state index in [-0.39, 0.29) is 6.61 Å². The van der Waals surface area contributed by atoms with Crippen molar-refractivity contribution in [3.8, 4) is 0 Å². The second-order valence-electron chi connectivity index (χ2n) is 7.64. The molecule has 0 spiro atoms. The molecule has 0 bridgehead atoms. The van der Waals surface area contributed by atoms with Gasteiger partial charge in [0.1, 0.15) is 13.1 Å². The van der Waals surface area contributed by atoms with Crippen molar-refractivity contribution in [2.24, 2.45) is 4.99 Å². The lowest BCUT2D eigenvalue weighted by Crippen LogP contribution is -2.53. The van der Waals surface area contributed by atoms with Gasteiger partial charge in [-0.3, -0.25) is 4.48 Å². The standard InChI is InChI=1S/C22H43N2O/c1-3-5-6-7-8-9-10-11-12-13-14-15-16-17-22-23-18-19-24(22,4-2)20-21-25/h9-10,18,22,25H,3-8,11-17,19-21H2,1-2H3/q+1/b10-9+. The van der Waals surface area contributed by atoms with Crippen molar-refractivity contribution < 1.29 is 9.59 Å². The van der Waals surface area contributed by atoms with Gasteiger partial charge < -0.3 is 5.11 Å². The van der Waals surface area contributed by atoms with Gasteiger partial charge in [-0.05, 0) is 39.0 Å². The topological polar surface area (TPSA) is 32.6 Å². The van der Waals surface area contributed by atoms with Crippen LogP contribution in [0.5, 0.6) is 0 Å². The van der Waals surface area contributed by atoms with Crippen LogP contribution in [0.15, 0.2) is 17.1 Å². The summed E-state index contributed by atoms with van der Waals surface area (Å²) in [6.07, 6.45) is 23.1. The highest BCUT2D eigenvalue weighted by Gasteiger charge is 2.36. The molecule has 1 rings (SSSR count). The second-order valence-corrected chi connectivity index (χ2v) is 7.64. The number of aliphatic hydroxyl groups is 1. The summed E-state index contributed by atoms with van der Waals surface area (Å²) in [6, 6.07) is 0. The average Bonchev–Trinajstić information content (AvgIpc) is 3.02. The number of rotatable bonds is 16. The van der Waals surface area contributed by atoms with Crippen LogP contribution in [0, 0.1) is 0 Å². The summed E-state index contributed by atoms with van der Waals surface area (Å²) in [5.74, 6) is 0. The van der Waals surface area contributed by atoms with Crippen molar-refractivity contribution in [1.29, 1.82) is 0 Å². The fraction of sp³-hybridized carbons (Fsp3) is 0.864. The van der Waals surface area contributed by atoms with Crippen molar-refractivity contribution in [3.05, 3.63) is 12.2 Å². The number of hydrogen-bond acceptors (Lipinski definition) is 2. The van der Waals surface area contributed by atoms with Crippen LogP contribution in [0.4, 0.5) is 0 Å². The highest BCUT2D eigenvalue weighted by Crippen LogP contribution is 2.24. The molecule has 25 heavy (non-hydrogen) atoms. The van der Waals surface area contributed by atoms with Crippen molar-refractivity contribution in [3.63, 3.8) is 0 Å². The van der Waals surface area contributed by atoms with Crippen LogP contribution < -0.4 is 0 Å². The molecule has 3 nitrogen and oxygen atoms in total. The second kappa shape index (κ2) is 14.5. The highest BCUT2D eigenvalue weighted by molar-refractivity contribution is 5.60. The number of hydrogen-bond donors (Lipinski definition) is 1. The first-order valence-electron chi connectivity index (χ1n) is 10.9. The molecule has 0 saturated carbocycles. The molecule has 2 unspecified atom stereocenters. The maximum atomic E-state index is 9.35. The van der Waals surface area contributed by atoms with Gasteiger partial charge in [0.2, 0.25) is 0 Å². The molecule has 1 N–H and O–H groups in total. The fourth-order valence-electron chi connectivity index (χ4n) is 3.92. The van der Waals surface area contributed by atoms with Crippen LogP contribution in [0.2, 0.25) is 0 Å². The van der Waals surface area contributed by atoms with E-state index in [4.69, 9.17) is 4.99 Å². The van der Waals surface area contributed by atoms with Crippen LogP contribution in [-0.4, -0.2) is 48.2 Å². The van der Waals surface area contributed by atoms with Crippen molar-refractivity contribution in [2.45, 2.75) is 97.1 Å². The zero-order chi connectivity index (χ0) is 18.2. The van der Waals surface area contributed by atoms with Crippen LogP contribution >= 0.6 is 0 Å². The quantitative estimate of drug-likeness (QED) is 0.223. The summed E-state index contributed by atoms with van der Waals surface area (Å²) in [7, 11) is 0. The predicted octanol–water partition coefficient (Wildman–Crippen LogP) is 5.48. The minimum atomic E-state index is 0.278. The Balaban J connectivity index is 1.98. The normalized spacial score (nSPS) is 23.1. The summed E-state index contributed by atoms with van der Waals surface area (Å²) in [5, 5.41) is 9.35. The molecular formula is C22H43N2O+. The third kappa shape index (κ3) is 9.01. The number of unbranched alkanes of at least 4 members (excludes halogenated alkanes) is 9. The molecule has 1 aliphatic heterocycles. The third-order valence-corrected chi connectivity index (χ3v) is 5.75. The molecule has 146 valence electrons. The molecule has 0 aromatic rings. The summed E-state index contributed by atoms with van der Waals surface area (Å²) in [6.45, 7) is 7.72. The number of allylic oxidation sites excluding steroid dienone is 2. The molecule has 1 heterocycles. The van der Waals surface area contributed by atoms with E-state index < -0.39 is 0 Å². The Morgan fingerprint density at radius 2 is 1.60 bits per heavy atom. The lowest BCUT2D eigenvalue weighted by molar-refractivity contribution is -0.936. The van der Waals surface area contributed by atoms with E-state index in [9.17, 15) is 5.11 Å². The maximum Gasteiger partial charge on any atom is 0.182 e. The van der Waals surface area contributed by atoms with Crippen LogP contribution in [0.25, 0.3) is 0 Å². The Labute approximate surface area is 156 Å². The molecule has 1 aliphatic rings. The van der Waals surface area contributed by atoms with E-state index >= 15 is 0 Å². The molecule has 0 radical (unpaired) electrons. The van der Waals surface area contributed by atoms with E-state index in [0.717, 1.165) is 24.1 Å². The van der Waals surface area contributed by atoms with Crippen LogP contribution in [-0.2, 0) is 0 Å². The first-order chi connectivity index (χ1) is 12.3. The summed E-state index contributed by atoms with van der Waals surface area (Å²) < 4.78 is 0.972. The number of aliphatic hydroxyl groups excluding tert-OH is 1. The lowest BCUT2D eigenvalue weighted by Gasteiger charge is -2.37. The Morgan fingerprint density at radius 1 is 0.960 bits per heavy atom. The zero-order valence-corrected chi connectivity index (χ0v) is 17.0. The first kappa shape index (κ1) is 22.4. The average molecular weight is 352 g/mol. The number of nitrogens with zero attached hydrogens (tertiary/aromatic N) is 2. The molecule has 2 atom stereocenters. The van der Waals surface area contributed by atoms with Gasteiger partial charge in [0.05, 0.1) is 19.4 Å². The highest BCUT2D eigenvalue weighted by atomic mass is 16.3. The van der Waals surface area contributed by atoms with Gasteiger partial charge in [-0.1, -0.05) is 57.6 Å². The van der Waals surface area contributed by atoms with E-state index in [1.807, 2.05) is 0 Å². The van der Waals surface area contributed by atoms with Gasteiger partial charge in [0.25, 0.3) is 0 Å². The molecule has 0 saturated heterocycles. The monoisotopic (exact) mass is 351 g/mol. The molecule has 0 aliphatic carbocycles. The molecule has 3 heteroatoms. The predicted molar refractivity (Wildman–Crippen MR) is 110 cm³/mol. The molecular weight excluding hydrogens is 308 g/mol. The Kier molecular flexibility index (Phi) is 13.0. The number of likely N-dealkylation sites (N-methyl/N-ethyl adjacent to an activating group) is 1. The van der Waals surface area contributed by atoms with Gasteiger partial charge in [-0.2, -0.15) is 0 Å². The smallest absolute Gasteiger partial charge is 0.182 e. The number of aliphatic imine (C=N–C) groups is 1. The van der Waals surface area contributed by atoms with Crippen molar-refractivity contribution in [1.82, 2.24) is 0 Å². The first-order valence-corrected chi connectivity index (χ1v) is 10.9. The van der Waals surface area contributed by atoms with E-state index in [2.05, 4.69) is 32.2 Å². The summed E-state index contributed by atoms with van der Waals surface area (Å²) >= 11 is 0. The van der Waals surface area contributed by atoms with Crippen LogP contribution in [0.1, 0.15) is 90.9 Å². The van der Waals surface area contributed by atoms with Gasteiger partial charge in [-0.15, -0.1) is 0 Å². The maximum absolute atomic E-state index is 9.35. The minimum absolute atomic E-state index is 0.278. The van der Waals surface area contributed by atoms with Gasteiger partial charge in [0.15, 0.2) is 6.17 Å². The summed E-state index contributed by atoms with van der Waals surface area (Å²) in [4.78, 5) is 4.70. The Bertz CT molecular complexity index is 367. The lowest BCUT2D eigenvalue weighted by atomic mass is 10.1. The fourth-order valence-corrected chi connectivity index (χ4v) is 3.92. The molecule has 0 aromatic carbocycles. The summed E-state index contributed by atoms with van der Waals surface area (Å²) in [5.41, 5.74) is 0. The third-order valence-electron chi connectivity index (χ3n) is 5.75. The van der Waals surface area contributed by atoms with Gasteiger partial charge in [0, 0.05) is 6.42 Å². The van der Waals surface area contributed by atoms with E-state index in [1.54, 1.807) is 0 Å². The zero-order valence-electron chi connectivity index (χ0n) is 17.0. The number of quaternary nitrogens is 1. The van der Waals surface area contributed by atoms with Crippen molar-refractivity contribution in [2.75, 3.05) is 26.2 Å². The van der Waals surface area contributed by atoms with Gasteiger partial charge in [-0.25, -0.2) is 4.99 Å². The SMILES string of the molecule is CCCCCC/C=C/CCCCCCCC1N=CC[N+]1(CC)CCO. The van der Waals surface area contributed by atoms with Crippen LogP contribution in [0.3, 0.4) is 0 Å². The largest absolute Gasteiger partial charge is 0.391 e. The molecule has 0 aromatic heterocycles. The molecule has 0 fully saturated rings. The van der Waals surface area contributed by atoms with Gasteiger partial charge >= 0.3 is 0 Å². The Morgan fingerprint density at radius 3 is 2.24 bits per heavy atom. The molecule has 0 amide bonds. The minimum Gasteiger partial charge on any atom is -0.391 e.